The molecule has 0 unspecified atom stereocenters. The van der Waals surface area contributed by atoms with Gasteiger partial charge in [-0.3, -0.25) is 14.8 Å². The highest BCUT2D eigenvalue weighted by molar-refractivity contribution is 7.92. The number of esters is 1. The van der Waals surface area contributed by atoms with E-state index in [4.69, 9.17) is 16.3 Å². The molecule has 1 N–H and O–H groups in total. The second-order valence-corrected chi connectivity index (χ2v) is 6.86. The molecule has 0 amide bonds. The van der Waals surface area contributed by atoms with Crippen LogP contribution < -0.4 is 4.72 Å². The summed E-state index contributed by atoms with van der Waals surface area (Å²) in [5.74, 6) is -0.562. The van der Waals surface area contributed by atoms with Crippen LogP contribution in [0, 0.1) is 10.1 Å². The summed E-state index contributed by atoms with van der Waals surface area (Å²) in [7, 11) is -3.99. The Morgan fingerprint density at radius 2 is 1.88 bits per heavy atom. The molecule has 2 rings (SSSR count). The molecule has 0 saturated heterocycles. The average molecular weight is 385 g/mol. The van der Waals surface area contributed by atoms with E-state index in [2.05, 4.69) is 4.72 Å². The minimum Gasteiger partial charge on any atom is -0.462 e. The summed E-state index contributed by atoms with van der Waals surface area (Å²) in [6.07, 6.45) is 0. The first-order valence-corrected chi connectivity index (χ1v) is 8.84. The highest BCUT2D eigenvalue weighted by Gasteiger charge is 2.18. The molecule has 25 heavy (non-hydrogen) atoms. The molecule has 0 aromatic heterocycles. The molecular formula is C15H13ClN2O6S. The average Bonchev–Trinajstić information content (AvgIpc) is 2.56. The molecule has 0 fully saturated rings. The van der Waals surface area contributed by atoms with Gasteiger partial charge in [0.2, 0.25) is 0 Å². The van der Waals surface area contributed by atoms with Crippen molar-refractivity contribution in [3.63, 3.8) is 0 Å². The van der Waals surface area contributed by atoms with Crippen LogP contribution in [0.15, 0.2) is 47.4 Å². The molecule has 132 valence electrons. The van der Waals surface area contributed by atoms with Crippen LogP contribution in [0.2, 0.25) is 5.02 Å². The van der Waals surface area contributed by atoms with Crippen LogP contribution in [-0.4, -0.2) is 25.9 Å². The quantitative estimate of drug-likeness (QED) is 0.464. The van der Waals surface area contributed by atoms with E-state index in [1.807, 2.05) is 0 Å². The number of nitro groups is 1. The summed E-state index contributed by atoms with van der Waals surface area (Å²) in [5, 5.41) is 10.8. The lowest BCUT2D eigenvalue weighted by atomic mass is 10.2. The Kier molecular flexibility index (Phi) is 5.60. The van der Waals surface area contributed by atoms with Gasteiger partial charge in [0, 0.05) is 6.07 Å². The number of hydrogen-bond donors (Lipinski definition) is 1. The predicted octanol–water partition coefficient (Wildman–Crippen LogP) is 3.23. The normalized spacial score (nSPS) is 11.0. The number of carbonyl (C=O) groups excluding carboxylic acids is 1. The van der Waals surface area contributed by atoms with Crippen LogP contribution in [0.5, 0.6) is 0 Å². The Morgan fingerprint density at radius 1 is 1.24 bits per heavy atom. The van der Waals surface area contributed by atoms with E-state index in [9.17, 15) is 23.3 Å². The maximum Gasteiger partial charge on any atom is 0.338 e. The Balaban J connectivity index is 2.26. The molecule has 0 bridgehead atoms. The summed E-state index contributed by atoms with van der Waals surface area (Å²) in [4.78, 5) is 21.6. The lowest BCUT2D eigenvalue weighted by Gasteiger charge is -2.09. The molecule has 0 aliphatic heterocycles. The van der Waals surface area contributed by atoms with Gasteiger partial charge in [0.15, 0.2) is 0 Å². The van der Waals surface area contributed by atoms with Crippen LogP contribution in [0.1, 0.15) is 17.3 Å². The maximum atomic E-state index is 12.3. The molecule has 2 aromatic rings. The number of rotatable bonds is 6. The summed E-state index contributed by atoms with van der Waals surface area (Å²) in [6, 6.07) is 8.65. The second-order valence-electron chi connectivity index (χ2n) is 4.77. The number of nitrogens with zero attached hydrogens (tertiary/aromatic N) is 1. The molecule has 8 nitrogen and oxygen atoms in total. The zero-order chi connectivity index (χ0) is 18.6. The molecule has 0 spiro atoms. The minimum atomic E-state index is -3.99. The molecule has 10 heteroatoms. The van der Waals surface area contributed by atoms with Crippen molar-refractivity contribution in [1.82, 2.24) is 0 Å². The molecule has 2 aromatic carbocycles. The minimum absolute atomic E-state index is 0.00873. The van der Waals surface area contributed by atoms with Crippen molar-refractivity contribution >= 4 is 39.0 Å². The van der Waals surface area contributed by atoms with Gasteiger partial charge >= 0.3 is 5.97 Å². The van der Waals surface area contributed by atoms with Gasteiger partial charge in [-0.25, -0.2) is 13.2 Å². The fraction of sp³-hybridized carbons (Fsp3) is 0.133. The van der Waals surface area contributed by atoms with Crippen LogP contribution in [0.3, 0.4) is 0 Å². The molecule has 0 atom stereocenters. The Morgan fingerprint density at radius 3 is 2.44 bits per heavy atom. The second kappa shape index (κ2) is 7.49. The van der Waals surface area contributed by atoms with Crippen molar-refractivity contribution in [3.8, 4) is 0 Å². The van der Waals surface area contributed by atoms with E-state index >= 15 is 0 Å². The molecule has 0 saturated carbocycles. The SMILES string of the molecule is CCOC(=O)c1ccc(S(=O)(=O)Nc2ccc(Cl)c([N+](=O)[O-])c2)cc1. The third-order valence-corrected chi connectivity index (χ3v) is 4.79. The molecule has 0 aliphatic rings. The zero-order valence-electron chi connectivity index (χ0n) is 12.9. The van der Waals surface area contributed by atoms with Crippen LogP contribution in [-0.2, 0) is 14.8 Å². The van der Waals surface area contributed by atoms with Crippen molar-refractivity contribution in [2.45, 2.75) is 11.8 Å². The highest BCUT2D eigenvalue weighted by Crippen LogP contribution is 2.28. The number of sulfonamides is 1. The van der Waals surface area contributed by atoms with Crippen LogP contribution in [0.25, 0.3) is 0 Å². The first kappa shape index (κ1) is 18.7. The molecule has 0 radical (unpaired) electrons. The van der Waals surface area contributed by atoms with Crippen LogP contribution >= 0.6 is 11.6 Å². The first-order valence-electron chi connectivity index (χ1n) is 6.98. The largest absolute Gasteiger partial charge is 0.462 e. The van der Waals surface area contributed by atoms with Gasteiger partial charge < -0.3 is 4.74 Å². The summed E-state index contributed by atoms with van der Waals surface area (Å²) >= 11 is 5.69. The van der Waals surface area contributed by atoms with E-state index in [0.29, 0.717) is 0 Å². The van der Waals surface area contributed by atoms with Gasteiger partial charge in [-0.1, -0.05) is 11.6 Å². The predicted molar refractivity (Wildman–Crippen MR) is 91.3 cm³/mol. The smallest absolute Gasteiger partial charge is 0.338 e. The van der Waals surface area contributed by atoms with Gasteiger partial charge in [-0.2, -0.15) is 0 Å². The van der Waals surface area contributed by atoms with Crippen molar-refractivity contribution in [1.29, 1.82) is 0 Å². The Bertz CT molecular complexity index is 912. The van der Waals surface area contributed by atoms with Crippen molar-refractivity contribution in [2.24, 2.45) is 0 Å². The highest BCUT2D eigenvalue weighted by atomic mass is 35.5. The van der Waals surface area contributed by atoms with Crippen molar-refractivity contribution in [3.05, 3.63) is 63.2 Å². The third-order valence-electron chi connectivity index (χ3n) is 3.07. The lowest BCUT2D eigenvalue weighted by Crippen LogP contribution is -2.13. The fourth-order valence-corrected chi connectivity index (χ4v) is 3.15. The fourth-order valence-electron chi connectivity index (χ4n) is 1.91. The van der Waals surface area contributed by atoms with Gasteiger partial charge in [0.25, 0.3) is 15.7 Å². The van der Waals surface area contributed by atoms with Gasteiger partial charge in [-0.15, -0.1) is 0 Å². The summed E-state index contributed by atoms with van der Waals surface area (Å²) in [6.45, 7) is 1.86. The third kappa shape index (κ3) is 4.46. The van der Waals surface area contributed by atoms with Gasteiger partial charge in [0.05, 0.1) is 27.7 Å². The van der Waals surface area contributed by atoms with E-state index in [-0.39, 0.29) is 27.8 Å². The summed E-state index contributed by atoms with van der Waals surface area (Å²) < 4.78 is 31.7. The molecule has 0 heterocycles. The number of nitro benzene ring substituents is 1. The first-order chi connectivity index (χ1) is 11.7. The topological polar surface area (TPSA) is 116 Å². The summed E-state index contributed by atoms with van der Waals surface area (Å²) in [5.41, 5.74) is -0.215. The Hall–Kier alpha value is -2.65. The van der Waals surface area contributed by atoms with E-state index in [1.165, 1.54) is 36.4 Å². The van der Waals surface area contributed by atoms with Gasteiger partial charge in [-0.05, 0) is 43.3 Å². The monoisotopic (exact) mass is 384 g/mol. The van der Waals surface area contributed by atoms with E-state index < -0.39 is 26.6 Å². The van der Waals surface area contributed by atoms with Crippen LogP contribution in [0.4, 0.5) is 11.4 Å². The number of halogens is 1. The number of ether oxygens (including phenoxy) is 1. The van der Waals surface area contributed by atoms with Crippen molar-refractivity contribution in [2.75, 3.05) is 11.3 Å². The standard InChI is InChI=1S/C15H13ClN2O6S/c1-2-24-15(19)10-3-6-12(7-4-10)25(22,23)17-11-5-8-13(16)14(9-11)18(20)21/h3-9,17H,2H2,1H3. The van der Waals surface area contributed by atoms with E-state index in [0.717, 1.165) is 6.07 Å². The maximum absolute atomic E-state index is 12.3. The molecular weight excluding hydrogens is 372 g/mol. The zero-order valence-corrected chi connectivity index (χ0v) is 14.5. The number of carbonyl (C=O) groups is 1. The Labute approximate surface area is 148 Å². The number of nitrogens with one attached hydrogen (secondary N) is 1. The van der Waals surface area contributed by atoms with Gasteiger partial charge in [0.1, 0.15) is 5.02 Å². The molecule has 0 aliphatic carbocycles. The number of hydrogen-bond acceptors (Lipinski definition) is 6. The van der Waals surface area contributed by atoms with Crippen molar-refractivity contribution < 1.29 is 22.9 Å². The lowest BCUT2D eigenvalue weighted by molar-refractivity contribution is -0.384. The number of benzene rings is 2. The number of anilines is 1. The van der Waals surface area contributed by atoms with E-state index in [1.54, 1.807) is 6.92 Å².